The monoisotopic (exact) mass is 489 g/mol. The van der Waals surface area contributed by atoms with E-state index < -0.39 is 0 Å². The number of benzene rings is 4. The van der Waals surface area contributed by atoms with E-state index in [-0.39, 0.29) is 5.41 Å². The minimum Gasteiger partial charge on any atom is -0.310 e. The van der Waals surface area contributed by atoms with Crippen LogP contribution in [-0.2, 0) is 5.41 Å². The van der Waals surface area contributed by atoms with Gasteiger partial charge in [-0.3, -0.25) is 9.97 Å². The van der Waals surface area contributed by atoms with E-state index in [2.05, 4.69) is 108 Å². The largest absolute Gasteiger partial charge is 0.310 e. The first kappa shape index (κ1) is 21.2. The molecule has 0 N–H and O–H groups in total. The fourth-order valence-corrected chi connectivity index (χ4v) is 6.07. The summed E-state index contributed by atoms with van der Waals surface area (Å²) in [5.41, 5.74) is 11.1. The van der Waals surface area contributed by atoms with E-state index in [1.54, 1.807) is 6.20 Å². The molecule has 4 aromatic carbocycles. The number of anilines is 3. The van der Waals surface area contributed by atoms with Crippen molar-refractivity contribution in [2.45, 2.75) is 19.3 Å². The van der Waals surface area contributed by atoms with Crippen LogP contribution in [-0.4, -0.2) is 19.9 Å². The van der Waals surface area contributed by atoms with Crippen LogP contribution in [0.15, 0.2) is 103 Å². The molecule has 180 valence electrons. The lowest BCUT2D eigenvalue weighted by atomic mass is 9.73. The van der Waals surface area contributed by atoms with Gasteiger partial charge in [-0.15, -0.1) is 0 Å². The molecule has 5 nitrogen and oxygen atoms in total. The van der Waals surface area contributed by atoms with E-state index in [9.17, 15) is 0 Å². The summed E-state index contributed by atoms with van der Waals surface area (Å²) in [7, 11) is 0. The van der Waals surface area contributed by atoms with Crippen molar-refractivity contribution in [1.29, 1.82) is 0 Å². The van der Waals surface area contributed by atoms with Gasteiger partial charge in [0, 0.05) is 34.3 Å². The predicted octanol–water partition coefficient (Wildman–Crippen LogP) is 7.99. The molecular weight excluding hydrogens is 466 g/mol. The Morgan fingerprint density at radius 2 is 1.11 bits per heavy atom. The Balaban J connectivity index is 1.42. The Hall–Kier alpha value is -4.90. The molecule has 0 fully saturated rings. The molecule has 0 amide bonds. The molecule has 1 aliphatic heterocycles. The summed E-state index contributed by atoms with van der Waals surface area (Å²) in [5.74, 6) is 0. The molecular formula is C33H23N5. The first-order valence-corrected chi connectivity index (χ1v) is 12.8. The third kappa shape index (κ3) is 2.81. The van der Waals surface area contributed by atoms with Gasteiger partial charge >= 0.3 is 0 Å². The van der Waals surface area contributed by atoms with Crippen LogP contribution >= 0.6 is 0 Å². The highest BCUT2D eigenvalue weighted by molar-refractivity contribution is 6.21. The molecule has 0 unspecified atom stereocenters. The molecule has 0 spiro atoms. The Kier molecular flexibility index (Phi) is 4.22. The molecule has 8 rings (SSSR count). The maximum atomic E-state index is 5.20. The van der Waals surface area contributed by atoms with Crippen LogP contribution in [0.25, 0.3) is 43.9 Å². The van der Waals surface area contributed by atoms with Gasteiger partial charge in [0.25, 0.3) is 0 Å². The normalized spacial score (nSPS) is 14.2. The SMILES string of the molecule is CC1(C)c2ccccc2N(c2ccc3nc4c5cccnc5c5ncccc5c4nc3c2)c2ccccc21. The molecule has 38 heavy (non-hydrogen) atoms. The second-order valence-electron chi connectivity index (χ2n) is 10.4. The van der Waals surface area contributed by atoms with Crippen LogP contribution in [0.3, 0.4) is 0 Å². The molecule has 0 atom stereocenters. The number of nitrogens with zero attached hydrogens (tertiary/aromatic N) is 5. The third-order valence-corrected chi connectivity index (χ3v) is 7.89. The van der Waals surface area contributed by atoms with Gasteiger partial charge < -0.3 is 4.90 Å². The number of fused-ring (bicyclic) bond motifs is 9. The van der Waals surface area contributed by atoms with Crippen molar-refractivity contribution in [2.24, 2.45) is 0 Å². The second-order valence-corrected chi connectivity index (χ2v) is 10.4. The zero-order valence-corrected chi connectivity index (χ0v) is 21.1. The smallest absolute Gasteiger partial charge is 0.0996 e. The fourth-order valence-electron chi connectivity index (χ4n) is 6.07. The third-order valence-electron chi connectivity index (χ3n) is 7.89. The van der Waals surface area contributed by atoms with Gasteiger partial charge in [0.1, 0.15) is 0 Å². The predicted molar refractivity (Wildman–Crippen MR) is 154 cm³/mol. The number of para-hydroxylation sites is 2. The summed E-state index contributed by atoms with van der Waals surface area (Å²) < 4.78 is 0. The molecule has 1 aliphatic rings. The van der Waals surface area contributed by atoms with E-state index in [0.717, 1.165) is 49.6 Å². The van der Waals surface area contributed by atoms with Gasteiger partial charge in [0.05, 0.1) is 44.5 Å². The zero-order valence-electron chi connectivity index (χ0n) is 21.1. The van der Waals surface area contributed by atoms with Gasteiger partial charge in [-0.2, -0.15) is 0 Å². The summed E-state index contributed by atoms with van der Waals surface area (Å²) in [4.78, 5) is 21.9. The average Bonchev–Trinajstić information content (AvgIpc) is 2.97. The highest BCUT2D eigenvalue weighted by Crippen LogP contribution is 2.51. The second kappa shape index (κ2) is 7.56. The van der Waals surface area contributed by atoms with Crippen molar-refractivity contribution >= 4 is 60.9 Å². The molecule has 0 aliphatic carbocycles. The average molecular weight is 490 g/mol. The van der Waals surface area contributed by atoms with Gasteiger partial charge in [-0.25, -0.2) is 9.97 Å². The van der Waals surface area contributed by atoms with Crippen LogP contribution < -0.4 is 4.90 Å². The molecule has 5 heteroatoms. The molecule has 3 aromatic heterocycles. The van der Waals surface area contributed by atoms with Crippen LogP contribution in [0, 0.1) is 0 Å². The Morgan fingerprint density at radius 3 is 1.71 bits per heavy atom. The summed E-state index contributed by atoms with van der Waals surface area (Å²) in [6.07, 6.45) is 3.61. The van der Waals surface area contributed by atoms with E-state index >= 15 is 0 Å². The molecule has 0 bridgehead atoms. The van der Waals surface area contributed by atoms with Crippen molar-refractivity contribution in [3.63, 3.8) is 0 Å². The van der Waals surface area contributed by atoms with E-state index in [1.165, 1.54) is 22.5 Å². The minimum absolute atomic E-state index is 0.0997. The zero-order chi connectivity index (χ0) is 25.4. The lowest BCUT2D eigenvalue weighted by Crippen LogP contribution is -2.30. The summed E-state index contributed by atoms with van der Waals surface area (Å²) in [6.45, 7) is 4.61. The quantitative estimate of drug-likeness (QED) is 0.173. The first-order valence-electron chi connectivity index (χ1n) is 12.8. The van der Waals surface area contributed by atoms with Crippen LogP contribution in [0.2, 0.25) is 0 Å². The summed E-state index contributed by atoms with van der Waals surface area (Å²) in [6, 6.07) is 31.8. The number of pyridine rings is 2. The van der Waals surface area contributed by atoms with E-state index in [0.29, 0.717) is 0 Å². The Labute approximate surface area is 219 Å². The van der Waals surface area contributed by atoms with Crippen molar-refractivity contribution in [3.8, 4) is 0 Å². The number of hydrogen-bond donors (Lipinski definition) is 0. The van der Waals surface area contributed by atoms with Crippen molar-refractivity contribution in [1.82, 2.24) is 19.9 Å². The number of aromatic nitrogens is 4. The highest BCUT2D eigenvalue weighted by atomic mass is 15.2. The molecule has 0 radical (unpaired) electrons. The maximum Gasteiger partial charge on any atom is 0.0996 e. The van der Waals surface area contributed by atoms with Gasteiger partial charge in [0.2, 0.25) is 0 Å². The van der Waals surface area contributed by atoms with Gasteiger partial charge in [-0.1, -0.05) is 50.2 Å². The Bertz CT molecular complexity index is 2030. The lowest BCUT2D eigenvalue weighted by Gasteiger charge is -2.42. The van der Waals surface area contributed by atoms with E-state index in [1.807, 2.05) is 18.3 Å². The summed E-state index contributed by atoms with van der Waals surface area (Å²) >= 11 is 0. The van der Waals surface area contributed by atoms with E-state index in [4.69, 9.17) is 9.97 Å². The summed E-state index contributed by atoms with van der Waals surface area (Å²) in [5, 5.41) is 1.93. The maximum absolute atomic E-state index is 5.20. The number of hydrogen-bond acceptors (Lipinski definition) is 5. The van der Waals surface area contributed by atoms with Gasteiger partial charge in [0.15, 0.2) is 0 Å². The topological polar surface area (TPSA) is 54.8 Å². The molecule has 4 heterocycles. The molecule has 7 aromatic rings. The lowest BCUT2D eigenvalue weighted by molar-refractivity contribution is 0.632. The number of rotatable bonds is 1. The molecule has 0 saturated heterocycles. The van der Waals surface area contributed by atoms with Crippen molar-refractivity contribution in [2.75, 3.05) is 4.90 Å². The van der Waals surface area contributed by atoms with Crippen LogP contribution in [0.5, 0.6) is 0 Å². The van der Waals surface area contributed by atoms with Crippen molar-refractivity contribution < 1.29 is 0 Å². The minimum atomic E-state index is -0.0997. The standard InChI is InChI=1S/C33H23N5/c1-33(2)23-11-3-5-13-27(23)38(28-14-6-4-12-24(28)33)20-15-16-25-26(19-20)37-32-22-10-8-18-35-30(22)29-21(31(32)36-25)9-7-17-34-29/h3-19H,1-2H3. The molecule has 0 saturated carbocycles. The van der Waals surface area contributed by atoms with Crippen LogP contribution in [0.4, 0.5) is 17.1 Å². The fraction of sp³-hybridized carbons (Fsp3) is 0.0909. The van der Waals surface area contributed by atoms with Crippen LogP contribution in [0.1, 0.15) is 25.0 Å². The highest BCUT2D eigenvalue weighted by Gasteiger charge is 2.36. The Morgan fingerprint density at radius 1 is 0.553 bits per heavy atom. The first-order chi connectivity index (χ1) is 18.6. The van der Waals surface area contributed by atoms with Gasteiger partial charge in [-0.05, 0) is 65.7 Å². The van der Waals surface area contributed by atoms with Crippen molar-refractivity contribution in [3.05, 3.63) is 115 Å².